The fraction of sp³-hybridized carbons (Fsp3) is 0.429. The van der Waals surface area contributed by atoms with Gasteiger partial charge in [-0.3, -0.25) is 4.90 Å². The molecule has 27 heavy (non-hydrogen) atoms. The van der Waals surface area contributed by atoms with Crippen LogP contribution in [0, 0.1) is 0 Å². The molecule has 0 saturated heterocycles. The molecule has 146 valence electrons. The number of β-amino-alcohol motifs (C(OH)–C–C–N with tert-alkyl or cyclic N) is 1. The van der Waals surface area contributed by atoms with E-state index in [0.717, 1.165) is 25.3 Å². The molecule has 0 aromatic heterocycles. The third-order valence-corrected chi connectivity index (χ3v) is 6.14. The summed E-state index contributed by atoms with van der Waals surface area (Å²) in [4.78, 5) is 2.49. The van der Waals surface area contributed by atoms with E-state index in [4.69, 9.17) is 4.74 Å². The molecule has 1 aliphatic rings. The average molecular weight is 390 g/mol. The Kier molecular flexibility index (Phi) is 5.60. The van der Waals surface area contributed by atoms with E-state index in [1.165, 1.54) is 17.4 Å². The van der Waals surface area contributed by atoms with E-state index in [2.05, 4.69) is 17.0 Å². The molecule has 0 amide bonds. The molecule has 2 aromatic rings. The van der Waals surface area contributed by atoms with Crippen molar-refractivity contribution in [3.8, 4) is 5.75 Å². The highest BCUT2D eigenvalue weighted by Crippen LogP contribution is 2.28. The van der Waals surface area contributed by atoms with E-state index in [1.807, 2.05) is 13.0 Å². The summed E-state index contributed by atoms with van der Waals surface area (Å²) in [6, 6.07) is 12.7. The maximum absolute atomic E-state index is 11.6. The van der Waals surface area contributed by atoms with Crippen molar-refractivity contribution in [1.82, 2.24) is 4.90 Å². The summed E-state index contributed by atoms with van der Waals surface area (Å²) < 4.78 is 28.8. The summed E-state index contributed by atoms with van der Waals surface area (Å²) in [6.07, 6.45) is 2.12. The summed E-state index contributed by atoms with van der Waals surface area (Å²) >= 11 is 0. The summed E-state index contributed by atoms with van der Waals surface area (Å²) in [7, 11) is -3.24. The molecule has 1 heterocycles. The summed E-state index contributed by atoms with van der Waals surface area (Å²) in [5, 5.41) is 11.0. The van der Waals surface area contributed by atoms with E-state index in [9.17, 15) is 13.5 Å². The first-order valence-corrected chi connectivity index (χ1v) is 11.1. The number of hydrogen-bond donors (Lipinski definition) is 1. The lowest BCUT2D eigenvalue weighted by atomic mass is 9.93. The number of sulfone groups is 1. The number of nitrogens with zero attached hydrogens (tertiary/aromatic N) is 1. The lowest BCUT2D eigenvalue weighted by Gasteiger charge is -2.35. The van der Waals surface area contributed by atoms with Gasteiger partial charge in [0.2, 0.25) is 0 Å². The first-order valence-electron chi connectivity index (χ1n) is 9.19. The van der Waals surface area contributed by atoms with Crippen LogP contribution in [0.15, 0.2) is 47.4 Å². The Balaban J connectivity index is 1.73. The molecule has 1 atom stereocenters. The second kappa shape index (κ2) is 7.62. The minimum absolute atomic E-state index is 0.261. The predicted molar refractivity (Wildman–Crippen MR) is 106 cm³/mol. The third-order valence-electron chi connectivity index (χ3n) is 5.02. The van der Waals surface area contributed by atoms with Crippen molar-refractivity contribution in [2.75, 3.05) is 26.0 Å². The number of fused-ring (bicyclic) bond motifs is 1. The highest BCUT2D eigenvalue weighted by molar-refractivity contribution is 7.90. The van der Waals surface area contributed by atoms with Crippen LogP contribution in [0.3, 0.4) is 0 Å². The first-order chi connectivity index (χ1) is 12.7. The molecule has 0 fully saturated rings. The normalized spacial score (nSPS) is 17.2. The molecule has 0 aliphatic carbocycles. The van der Waals surface area contributed by atoms with E-state index >= 15 is 0 Å². The van der Waals surface area contributed by atoms with Crippen LogP contribution in [-0.4, -0.2) is 44.4 Å². The average Bonchev–Trinajstić information content (AvgIpc) is 2.61. The molecule has 0 radical (unpaired) electrons. The SMILES string of the molecule is CCOc1ccc2c(c1)CN(CC(C)(O)c1ccc(S(C)(=O)=O)cc1)CC2. The van der Waals surface area contributed by atoms with Crippen molar-refractivity contribution in [2.45, 2.75) is 37.3 Å². The summed E-state index contributed by atoms with van der Waals surface area (Å²) in [5.41, 5.74) is 2.21. The maximum atomic E-state index is 11.6. The van der Waals surface area contributed by atoms with Gasteiger partial charge in [-0.1, -0.05) is 18.2 Å². The Morgan fingerprint density at radius 3 is 2.48 bits per heavy atom. The van der Waals surface area contributed by atoms with Crippen LogP contribution < -0.4 is 4.74 Å². The van der Waals surface area contributed by atoms with E-state index in [0.29, 0.717) is 18.7 Å². The molecule has 1 N–H and O–H groups in total. The Morgan fingerprint density at radius 2 is 1.85 bits per heavy atom. The lowest BCUT2D eigenvalue weighted by molar-refractivity contribution is 0.0117. The molecule has 5 nitrogen and oxygen atoms in total. The minimum atomic E-state index is -3.24. The molecular weight excluding hydrogens is 362 g/mol. The smallest absolute Gasteiger partial charge is 0.175 e. The van der Waals surface area contributed by atoms with Gasteiger partial charge < -0.3 is 9.84 Å². The van der Waals surface area contributed by atoms with Crippen molar-refractivity contribution < 1.29 is 18.3 Å². The van der Waals surface area contributed by atoms with Gasteiger partial charge in [-0.15, -0.1) is 0 Å². The molecule has 3 rings (SSSR count). The van der Waals surface area contributed by atoms with Gasteiger partial charge in [0, 0.05) is 25.9 Å². The number of rotatable bonds is 6. The molecule has 1 aliphatic heterocycles. The maximum Gasteiger partial charge on any atom is 0.175 e. The fourth-order valence-corrected chi connectivity index (χ4v) is 4.20. The monoisotopic (exact) mass is 389 g/mol. The van der Waals surface area contributed by atoms with Gasteiger partial charge in [0.05, 0.1) is 17.1 Å². The predicted octanol–water partition coefficient (Wildman–Crippen LogP) is 2.75. The van der Waals surface area contributed by atoms with Crippen molar-refractivity contribution in [1.29, 1.82) is 0 Å². The van der Waals surface area contributed by atoms with Gasteiger partial charge in [0.25, 0.3) is 0 Å². The first kappa shape index (κ1) is 19.9. The topological polar surface area (TPSA) is 66.8 Å². The number of ether oxygens (including phenoxy) is 1. The van der Waals surface area contributed by atoms with Crippen LogP contribution in [0.5, 0.6) is 5.75 Å². The van der Waals surface area contributed by atoms with Crippen LogP contribution >= 0.6 is 0 Å². The highest BCUT2D eigenvalue weighted by atomic mass is 32.2. The Bertz CT molecular complexity index is 904. The lowest BCUT2D eigenvalue weighted by Crippen LogP contribution is -2.41. The van der Waals surface area contributed by atoms with Crippen LogP contribution in [0.1, 0.15) is 30.5 Å². The fourth-order valence-electron chi connectivity index (χ4n) is 3.57. The molecule has 0 spiro atoms. The quantitative estimate of drug-likeness (QED) is 0.823. The molecule has 6 heteroatoms. The zero-order valence-electron chi connectivity index (χ0n) is 16.1. The molecule has 0 saturated carbocycles. The van der Waals surface area contributed by atoms with Crippen LogP contribution in [0.4, 0.5) is 0 Å². The molecular formula is C21H27NO4S. The second-order valence-corrected chi connectivity index (χ2v) is 9.41. The zero-order valence-corrected chi connectivity index (χ0v) is 16.9. The van der Waals surface area contributed by atoms with Gasteiger partial charge >= 0.3 is 0 Å². The van der Waals surface area contributed by atoms with Gasteiger partial charge in [-0.05, 0) is 61.2 Å². The minimum Gasteiger partial charge on any atom is -0.494 e. The van der Waals surface area contributed by atoms with E-state index < -0.39 is 15.4 Å². The van der Waals surface area contributed by atoms with Crippen LogP contribution in [0.25, 0.3) is 0 Å². The van der Waals surface area contributed by atoms with E-state index in [-0.39, 0.29) is 4.90 Å². The van der Waals surface area contributed by atoms with Gasteiger partial charge in [0.15, 0.2) is 9.84 Å². The number of hydrogen-bond acceptors (Lipinski definition) is 5. The Morgan fingerprint density at radius 1 is 1.15 bits per heavy atom. The van der Waals surface area contributed by atoms with Crippen LogP contribution in [-0.2, 0) is 28.4 Å². The Hall–Kier alpha value is -1.89. The molecule has 2 aromatic carbocycles. The van der Waals surface area contributed by atoms with Crippen molar-refractivity contribution in [2.24, 2.45) is 0 Å². The van der Waals surface area contributed by atoms with Gasteiger partial charge in [0.1, 0.15) is 5.75 Å². The summed E-state index contributed by atoms with van der Waals surface area (Å²) in [5.74, 6) is 0.876. The molecule has 0 bridgehead atoms. The zero-order chi connectivity index (χ0) is 19.7. The number of aliphatic hydroxyl groups is 1. The largest absolute Gasteiger partial charge is 0.494 e. The third kappa shape index (κ3) is 4.69. The summed E-state index contributed by atoms with van der Waals surface area (Å²) in [6.45, 7) is 6.49. The van der Waals surface area contributed by atoms with E-state index in [1.54, 1.807) is 31.2 Å². The second-order valence-electron chi connectivity index (χ2n) is 7.39. The van der Waals surface area contributed by atoms with Gasteiger partial charge in [-0.2, -0.15) is 0 Å². The Labute approximate surface area is 161 Å². The van der Waals surface area contributed by atoms with Gasteiger partial charge in [-0.25, -0.2) is 8.42 Å². The van der Waals surface area contributed by atoms with Crippen molar-refractivity contribution >= 4 is 9.84 Å². The number of benzene rings is 2. The van der Waals surface area contributed by atoms with Crippen molar-refractivity contribution in [3.05, 3.63) is 59.2 Å². The van der Waals surface area contributed by atoms with Crippen molar-refractivity contribution in [3.63, 3.8) is 0 Å². The van der Waals surface area contributed by atoms with Crippen LogP contribution in [0.2, 0.25) is 0 Å². The highest BCUT2D eigenvalue weighted by Gasteiger charge is 2.28. The molecule has 1 unspecified atom stereocenters. The standard InChI is InChI=1S/C21H27NO4S/c1-4-26-19-8-5-16-11-12-22(14-17(16)13-19)15-21(2,23)18-6-9-20(10-7-18)27(3,24)25/h5-10,13,23H,4,11-12,14-15H2,1-3H3.